The van der Waals surface area contributed by atoms with E-state index in [0.29, 0.717) is 22.3 Å². The third-order valence-electron chi connectivity index (χ3n) is 5.31. The number of hydrogen-bond donors (Lipinski definition) is 1. The molecule has 0 spiro atoms. The molecule has 29 heavy (non-hydrogen) atoms. The number of nitrogens with zero attached hydrogens (tertiary/aromatic N) is 4. The molecule has 144 valence electrons. The second-order valence-electron chi connectivity index (χ2n) is 7.06. The number of carbonyl (C=O) groups excluding carboxylic acids is 1. The van der Waals surface area contributed by atoms with E-state index in [2.05, 4.69) is 20.4 Å². The molecule has 1 amide bonds. The number of para-hydroxylation sites is 2. The number of fused-ring (bicyclic) bond motifs is 2. The molecule has 1 N–H and O–H groups in total. The van der Waals surface area contributed by atoms with Crippen molar-refractivity contribution in [1.29, 1.82) is 0 Å². The zero-order chi connectivity index (χ0) is 19.8. The van der Waals surface area contributed by atoms with Gasteiger partial charge in [0.15, 0.2) is 0 Å². The number of aromatic nitrogens is 4. The Kier molecular flexibility index (Phi) is 4.27. The highest BCUT2D eigenvalue weighted by Crippen LogP contribution is 2.32. The first-order chi connectivity index (χ1) is 14.2. The van der Waals surface area contributed by atoms with Crippen molar-refractivity contribution < 1.29 is 9.18 Å². The van der Waals surface area contributed by atoms with Crippen LogP contribution in [0.25, 0.3) is 16.7 Å². The normalized spacial score (nSPS) is 15.8. The van der Waals surface area contributed by atoms with E-state index in [1.807, 2.05) is 6.07 Å². The molecule has 0 fully saturated rings. The van der Waals surface area contributed by atoms with Gasteiger partial charge in [-0.2, -0.15) is 5.10 Å². The van der Waals surface area contributed by atoms with Crippen molar-refractivity contribution in [2.24, 2.45) is 0 Å². The Labute approximate surface area is 166 Å². The Balaban J connectivity index is 1.47. The number of benzene rings is 2. The van der Waals surface area contributed by atoms with Gasteiger partial charge in [0.1, 0.15) is 17.0 Å². The van der Waals surface area contributed by atoms with Crippen LogP contribution in [-0.2, 0) is 6.42 Å². The number of carbonyl (C=O) groups is 1. The standard InChI is InChI=1S/C22H18FN5O/c23-16-6-1-2-9-20(16)28-19-10-4-7-17(15(19)13-26-28)27-22(29)14-5-3-8-18-21(14)25-12-11-24-18/h1-3,5-6,8-9,11-13,17H,4,7,10H2,(H,27,29). The van der Waals surface area contributed by atoms with Crippen molar-refractivity contribution in [1.82, 2.24) is 25.1 Å². The Hall–Kier alpha value is -3.61. The maximum atomic E-state index is 14.3. The minimum absolute atomic E-state index is 0.182. The summed E-state index contributed by atoms with van der Waals surface area (Å²) in [6.45, 7) is 0. The minimum atomic E-state index is -0.320. The van der Waals surface area contributed by atoms with Crippen molar-refractivity contribution in [3.05, 3.63) is 83.7 Å². The van der Waals surface area contributed by atoms with E-state index in [0.717, 1.165) is 30.5 Å². The average Bonchev–Trinajstić information content (AvgIpc) is 3.18. The van der Waals surface area contributed by atoms with E-state index in [1.165, 1.54) is 6.07 Å². The highest BCUT2D eigenvalue weighted by molar-refractivity contribution is 6.04. The van der Waals surface area contributed by atoms with Gasteiger partial charge in [0, 0.05) is 23.7 Å². The predicted molar refractivity (Wildman–Crippen MR) is 106 cm³/mol. The fourth-order valence-corrected chi connectivity index (χ4v) is 3.95. The van der Waals surface area contributed by atoms with Gasteiger partial charge in [-0.05, 0) is 43.5 Å². The lowest BCUT2D eigenvalue weighted by atomic mass is 9.92. The first kappa shape index (κ1) is 17.5. The highest BCUT2D eigenvalue weighted by Gasteiger charge is 2.27. The van der Waals surface area contributed by atoms with E-state index in [-0.39, 0.29) is 17.8 Å². The fraction of sp³-hybridized carbons (Fsp3) is 0.182. The van der Waals surface area contributed by atoms with Crippen molar-refractivity contribution in [2.45, 2.75) is 25.3 Å². The molecule has 0 radical (unpaired) electrons. The van der Waals surface area contributed by atoms with Gasteiger partial charge in [0.25, 0.3) is 5.91 Å². The molecule has 0 saturated carbocycles. The minimum Gasteiger partial charge on any atom is -0.345 e. The summed E-state index contributed by atoms with van der Waals surface area (Å²) < 4.78 is 15.9. The second-order valence-corrected chi connectivity index (χ2v) is 7.06. The van der Waals surface area contributed by atoms with Gasteiger partial charge in [-0.25, -0.2) is 9.07 Å². The summed E-state index contributed by atoms with van der Waals surface area (Å²) in [5, 5.41) is 7.52. The zero-order valence-corrected chi connectivity index (χ0v) is 15.5. The van der Waals surface area contributed by atoms with Crippen LogP contribution in [0.15, 0.2) is 61.1 Å². The SMILES string of the molecule is O=C(NC1CCCc2c1cnn2-c1ccccc1F)c1cccc2nccnc12. The lowest BCUT2D eigenvalue weighted by Crippen LogP contribution is -2.31. The Morgan fingerprint density at radius 2 is 1.97 bits per heavy atom. The molecule has 1 aliphatic carbocycles. The Bertz CT molecular complexity index is 1210. The van der Waals surface area contributed by atoms with E-state index in [4.69, 9.17) is 0 Å². The van der Waals surface area contributed by atoms with Crippen LogP contribution >= 0.6 is 0 Å². The predicted octanol–water partition coefficient (Wildman–Crippen LogP) is 3.76. The van der Waals surface area contributed by atoms with Gasteiger partial charge in [0.05, 0.1) is 23.3 Å². The molecule has 0 bridgehead atoms. The van der Waals surface area contributed by atoms with Crippen LogP contribution in [0.2, 0.25) is 0 Å². The van der Waals surface area contributed by atoms with Crippen LogP contribution in [0.5, 0.6) is 0 Å². The van der Waals surface area contributed by atoms with Crippen LogP contribution in [0.1, 0.15) is 40.5 Å². The lowest BCUT2D eigenvalue weighted by Gasteiger charge is -2.24. The average molecular weight is 387 g/mol. The quantitative estimate of drug-likeness (QED) is 0.581. The van der Waals surface area contributed by atoms with Gasteiger partial charge in [0.2, 0.25) is 0 Å². The first-order valence-electron chi connectivity index (χ1n) is 9.54. The molecule has 0 saturated heterocycles. The zero-order valence-electron chi connectivity index (χ0n) is 15.5. The molecule has 1 aliphatic rings. The molecule has 1 unspecified atom stereocenters. The fourth-order valence-electron chi connectivity index (χ4n) is 3.95. The number of halogens is 1. The van der Waals surface area contributed by atoms with E-state index >= 15 is 0 Å². The molecule has 5 rings (SSSR count). The van der Waals surface area contributed by atoms with Crippen molar-refractivity contribution in [3.8, 4) is 5.69 Å². The lowest BCUT2D eigenvalue weighted by molar-refractivity contribution is 0.0934. The maximum absolute atomic E-state index is 14.3. The third-order valence-corrected chi connectivity index (χ3v) is 5.31. The summed E-state index contributed by atoms with van der Waals surface area (Å²) in [5.41, 5.74) is 4.03. The van der Waals surface area contributed by atoms with Crippen LogP contribution in [-0.4, -0.2) is 25.7 Å². The monoisotopic (exact) mass is 387 g/mol. The van der Waals surface area contributed by atoms with E-state index < -0.39 is 0 Å². The van der Waals surface area contributed by atoms with Crippen LogP contribution < -0.4 is 5.32 Å². The molecule has 0 aliphatic heterocycles. The summed E-state index contributed by atoms with van der Waals surface area (Å²) >= 11 is 0. The van der Waals surface area contributed by atoms with E-state index in [1.54, 1.807) is 53.6 Å². The van der Waals surface area contributed by atoms with Crippen molar-refractivity contribution >= 4 is 16.9 Å². The largest absolute Gasteiger partial charge is 0.345 e. The number of amides is 1. The second kappa shape index (κ2) is 7.09. The topological polar surface area (TPSA) is 72.7 Å². The Morgan fingerprint density at radius 1 is 1.10 bits per heavy atom. The molecule has 4 aromatic rings. The van der Waals surface area contributed by atoms with Gasteiger partial charge >= 0.3 is 0 Å². The summed E-state index contributed by atoms with van der Waals surface area (Å²) in [4.78, 5) is 21.6. The molecular formula is C22H18FN5O. The van der Waals surface area contributed by atoms with Crippen molar-refractivity contribution in [2.75, 3.05) is 0 Å². The van der Waals surface area contributed by atoms with Gasteiger partial charge in [-0.15, -0.1) is 0 Å². The highest BCUT2D eigenvalue weighted by atomic mass is 19.1. The molecule has 2 aromatic carbocycles. The van der Waals surface area contributed by atoms with Crippen LogP contribution in [0, 0.1) is 5.82 Å². The van der Waals surface area contributed by atoms with Crippen molar-refractivity contribution in [3.63, 3.8) is 0 Å². The molecule has 2 heterocycles. The third kappa shape index (κ3) is 3.04. The molecule has 1 atom stereocenters. The smallest absolute Gasteiger partial charge is 0.254 e. The maximum Gasteiger partial charge on any atom is 0.254 e. The van der Waals surface area contributed by atoms with Gasteiger partial charge in [-0.1, -0.05) is 18.2 Å². The summed E-state index contributed by atoms with van der Waals surface area (Å²) in [7, 11) is 0. The summed E-state index contributed by atoms with van der Waals surface area (Å²) in [6.07, 6.45) is 7.39. The first-order valence-corrected chi connectivity index (χ1v) is 9.54. The number of nitrogens with one attached hydrogen (secondary N) is 1. The van der Waals surface area contributed by atoms with Gasteiger partial charge < -0.3 is 5.32 Å². The van der Waals surface area contributed by atoms with E-state index in [9.17, 15) is 9.18 Å². The Morgan fingerprint density at radius 3 is 2.86 bits per heavy atom. The number of rotatable bonds is 3. The molecule has 7 heteroatoms. The molecule has 2 aromatic heterocycles. The van der Waals surface area contributed by atoms with Crippen LogP contribution in [0.4, 0.5) is 4.39 Å². The summed E-state index contributed by atoms with van der Waals surface area (Å²) in [5.74, 6) is -0.522. The van der Waals surface area contributed by atoms with Gasteiger partial charge in [-0.3, -0.25) is 14.8 Å². The summed E-state index contributed by atoms with van der Waals surface area (Å²) in [6, 6.07) is 11.8. The molecule has 6 nitrogen and oxygen atoms in total. The molecular weight excluding hydrogens is 369 g/mol. The number of hydrogen-bond acceptors (Lipinski definition) is 4. The van der Waals surface area contributed by atoms with Crippen LogP contribution in [0.3, 0.4) is 0 Å².